The number of aryl methyl sites for hydroxylation is 2. The second-order valence-electron chi connectivity index (χ2n) is 7.60. The molecule has 0 saturated carbocycles. The van der Waals surface area contributed by atoms with Gasteiger partial charge in [0.2, 0.25) is 5.69 Å². The Bertz CT molecular complexity index is 1050. The first-order valence-corrected chi connectivity index (χ1v) is 9.37. The van der Waals surface area contributed by atoms with E-state index in [-0.39, 0.29) is 11.7 Å². The Balaban J connectivity index is 2.49. The third-order valence-electron chi connectivity index (χ3n) is 5.76. The van der Waals surface area contributed by atoms with Crippen molar-refractivity contribution in [3.8, 4) is 11.3 Å². The number of rotatable bonds is 3. The molecule has 0 radical (unpaired) electrons. The Labute approximate surface area is 157 Å². The van der Waals surface area contributed by atoms with Crippen LogP contribution in [0.2, 0.25) is 0 Å². The summed E-state index contributed by atoms with van der Waals surface area (Å²) in [5.41, 5.74) is 7.29. The molecule has 1 aromatic heterocycles. The van der Waals surface area contributed by atoms with E-state index in [2.05, 4.69) is 39.8 Å². The molecule has 1 unspecified atom stereocenters. The van der Waals surface area contributed by atoms with Crippen molar-refractivity contribution < 1.29 is 10.3 Å². The van der Waals surface area contributed by atoms with Gasteiger partial charge in [0.15, 0.2) is 5.69 Å². The molecule has 0 aliphatic carbocycles. The minimum absolute atomic E-state index is 0.134. The number of aromatic nitrogens is 1. The lowest BCUT2D eigenvalue weighted by Crippen LogP contribution is -2.35. The highest BCUT2D eigenvalue weighted by molar-refractivity contribution is 5.94. The van der Waals surface area contributed by atoms with Crippen molar-refractivity contribution in [3.05, 3.63) is 64.1 Å². The third kappa shape index (κ3) is 3.02. The normalized spacial score (nSPS) is 13.2. The van der Waals surface area contributed by atoms with Crippen molar-refractivity contribution in [2.24, 2.45) is 7.05 Å². The number of halogens is 1. The molecule has 0 bridgehead atoms. The maximum atomic E-state index is 15.0. The van der Waals surface area contributed by atoms with Gasteiger partial charge in [0.25, 0.3) is 0 Å². The van der Waals surface area contributed by atoms with Crippen LogP contribution in [-0.2, 0) is 7.05 Å². The minimum atomic E-state index is -0.177. The van der Waals surface area contributed by atoms with E-state index in [1.807, 2.05) is 31.5 Å². The summed E-state index contributed by atoms with van der Waals surface area (Å²) in [6.45, 7) is 12.4. The molecule has 2 heteroatoms. The highest BCUT2D eigenvalue weighted by atomic mass is 19.1. The molecule has 0 fully saturated rings. The van der Waals surface area contributed by atoms with Gasteiger partial charge in [-0.05, 0) is 73.4 Å². The number of pyridine rings is 1. The lowest BCUT2D eigenvalue weighted by molar-refractivity contribution is -0.665. The second-order valence-corrected chi connectivity index (χ2v) is 7.60. The maximum absolute atomic E-state index is 15.0. The highest BCUT2D eigenvalue weighted by Gasteiger charge is 2.23. The Morgan fingerprint density at radius 1 is 1.12 bits per heavy atom. The summed E-state index contributed by atoms with van der Waals surface area (Å²) < 4.78 is 25.7. The van der Waals surface area contributed by atoms with Crippen molar-refractivity contribution >= 4 is 10.8 Å². The Hall–Kier alpha value is -2.22. The number of nitrogens with zero attached hydrogens (tertiary/aromatic N) is 1. The van der Waals surface area contributed by atoms with Crippen LogP contribution in [0.25, 0.3) is 22.0 Å². The average molecular weight is 352 g/mol. The average Bonchev–Trinajstić information content (AvgIpc) is 2.63. The van der Waals surface area contributed by atoms with E-state index in [0.29, 0.717) is 11.6 Å². The van der Waals surface area contributed by atoms with E-state index >= 15 is 4.39 Å². The van der Waals surface area contributed by atoms with Crippen molar-refractivity contribution in [1.29, 1.82) is 0 Å². The van der Waals surface area contributed by atoms with Crippen LogP contribution in [0.15, 0.2) is 30.3 Å². The molecule has 136 valence electrons. The van der Waals surface area contributed by atoms with Gasteiger partial charge in [-0.1, -0.05) is 25.5 Å². The monoisotopic (exact) mass is 351 g/mol. The van der Waals surface area contributed by atoms with Gasteiger partial charge in [0, 0.05) is 13.0 Å². The Kier molecular flexibility index (Phi) is 4.52. The fraction of sp³-hybridized carbons (Fsp3) is 0.375. The maximum Gasteiger partial charge on any atom is 0.220 e. The number of hydrogen-bond donors (Lipinski definition) is 0. The molecule has 0 amide bonds. The molecule has 3 rings (SSSR count). The van der Waals surface area contributed by atoms with Gasteiger partial charge in [-0.2, -0.15) is 4.57 Å². The molecule has 3 aromatic rings. The van der Waals surface area contributed by atoms with Gasteiger partial charge in [0.1, 0.15) is 12.9 Å². The zero-order valence-corrected chi connectivity index (χ0v) is 16.9. The molecule has 0 aliphatic heterocycles. The van der Waals surface area contributed by atoms with E-state index in [4.69, 9.17) is 1.37 Å². The first kappa shape index (κ1) is 17.2. The van der Waals surface area contributed by atoms with E-state index in [9.17, 15) is 0 Å². The predicted octanol–water partition coefficient (Wildman–Crippen LogP) is 6.22. The van der Waals surface area contributed by atoms with Crippen molar-refractivity contribution in [3.63, 3.8) is 0 Å². The summed E-state index contributed by atoms with van der Waals surface area (Å²) >= 11 is 0. The minimum Gasteiger partial charge on any atom is -0.207 e. The summed E-state index contributed by atoms with van der Waals surface area (Å²) in [5, 5.41) is 1.64. The molecular weight excluding hydrogens is 321 g/mol. The lowest BCUT2D eigenvalue weighted by atomic mass is 9.91. The largest absolute Gasteiger partial charge is 0.220 e. The fourth-order valence-electron chi connectivity index (χ4n) is 3.73. The van der Waals surface area contributed by atoms with Gasteiger partial charge in [-0.3, -0.25) is 0 Å². The summed E-state index contributed by atoms with van der Waals surface area (Å²) in [4.78, 5) is 0. The van der Waals surface area contributed by atoms with E-state index in [1.165, 1.54) is 16.7 Å². The van der Waals surface area contributed by atoms with Crippen LogP contribution < -0.4 is 4.57 Å². The zero-order chi connectivity index (χ0) is 20.0. The second kappa shape index (κ2) is 6.83. The first-order chi connectivity index (χ1) is 12.7. The van der Waals surface area contributed by atoms with Crippen molar-refractivity contribution in [2.75, 3.05) is 0 Å². The molecular formula is C24H29FN+. The van der Waals surface area contributed by atoms with Crippen LogP contribution in [0.5, 0.6) is 0 Å². The van der Waals surface area contributed by atoms with Gasteiger partial charge in [0.05, 0.1) is 12.3 Å². The first-order valence-electron chi connectivity index (χ1n) is 9.87. The molecule has 0 saturated heterocycles. The Morgan fingerprint density at radius 3 is 2.46 bits per heavy atom. The molecule has 0 spiro atoms. The highest BCUT2D eigenvalue weighted by Crippen LogP contribution is 2.34. The fourth-order valence-corrected chi connectivity index (χ4v) is 3.73. The van der Waals surface area contributed by atoms with Crippen LogP contribution in [0, 0.1) is 33.5 Å². The van der Waals surface area contributed by atoms with Crippen molar-refractivity contribution in [2.45, 2.75) is 53.9 Å². The zero-order valence-electron chi connectivity index (χ0n) is 17.9. The number of hydrogen-bond acceptors (Lipinski definition) is 0. The van der Waals surface area contributed by atoms with E-state index in [0.717, 1.165) is 34.1 Å². The molecule has 1 heterocycles. The molecule has 0 N–H and O–H groups in total. The van der Waals surface area contributed by atoms with Crippen LogP contribution in [0.4, 0.5) is 4.39 Å². The lowest BCUT2D eigenvalue weighted by Gasteiger charge is -2.15. The van der Waals surface area contributed by atoms with E-state index < -0.39 is 0 Å². The predicted molar refractivity (Wildman–Crippen MR) is 108 cm³/mol. The van der Waals surface area contributed by atoms with Crippen LogP contribution in [0.3, 0.4) is 0 Å². The van der Waals surface area contributed by atoms with Crippen LogP contribution >= 0.6 is 0 Å². The smallest absolute Gasteiger partial charge is 0.207 e. The van der Waals surface area contributed by atoms with Gasteiger partial charge < -0.3 is 0 Å². The SMILES string of the molecule is [2H]c1c(C)[n+](C)c(-c2cc(C)cc(C)c2C)c2cc(F)c(C(C)CC)cc12. The van der Waals surface area contributed by atoms with E-state index in [1.54, 1.807) is 6.07 Å². The summed E-state index contributed by atoms with van der Waals surface area (Å²) in [6.07, 6.45) is 0.873. The van der Waals surface area contributed by atoms with Crippen LogP contribution in [0.1, 0.15) is 55.5 Å². The molecule has 2 aromatic carbocycles. The van der Waals surface area contributed by atoms with Gasteiger partial charge >= 0.3 is 0 Å². The van der Waals surface area contributed by atoms with Crippen LogP contribution in [-0.4, -0.2) is 0 Å². The molecule has 0 aliphatic rings. The molecule has 1 atom stereocenters. The standard InChI is InChI=1S/C24H29FN/c1-8-15(3)20-12-19-11-17(5)26(7)24(22(19)13-23(20)25)21-10-14(2)9-16(4)18(21)6/h9-13,15H,8H2,1-7H3/q+1/i11D. The summed E-state index contributed by atoms with van der Waals surface area (Å²) in [6, 6.07) is 8.36. The van der Waals surface area contributed by atoms with Gasteiger partial charge in [-0.15, -0.1) is 0 Å². The topological polar surface area (TPSA) is 3.88 Å². The quantitative estimate of drug-likeness (QED) is 0.493. The summed E-state index contributed by atoms with van der Waals surface area (Å²) in [5.74, 6) is -0.0437. The molecule has 1 nitrogen and oxygen atoms in total. The van der Waals surface area contributed by atoms with Gasteiger partial charge in [-0.25, -0.2) is 4.39 Å². The Morgan fingerprint density at radius 2 is 1.81 bits per heavy atom. The summed E-state index contributed by atoms with van der Waals surface area (Å²) in [7, 11) is 1.97. The molecule has 26 heavy (non-hydrogen) atoms. The number of benzene rings is 2. The van der Waals surface area contributed by atoms with Crippen molar-refractivity contribution in [1.82, 2.24) is 0 Å². The number of fused-ring (bicyclic) bond motifs is 1. The third-order valence-corrected chi connectivity index (χ3v) is 5.76.